The van der Waals surface area contributed by atoms with Gasteiger partial charge in [-0.05, 0) is 18.1 Å². The summed E-state index contributed by atoms with van der Waals surface area (Å²) in [6.07, 6.45) is 2.66. The lowest BCUT2D eigenvalue weighted by atomic mass is 9.73. The first kappa shape index (κ1) is 17.8. The first-order chi connectivity index (χ1) is 12.1. The molecular formula is C18H27N3O2S2. The van der Waals surface area contributed by atoms with Crippen LogP contribution in [0.5, 0.6) is 0 Å². The molecule has 138 valence electrons. The number of thiazole rings is 1. The molecule has 1 amide bonds. The Morgan fingerprint density at radius 3 is 3.24 bits per heavy atom. The Kier molecular flexibility index (Phi) is 5.10. The van der Waals surface area contributed by atoms with Crippen LogP contribution >= 0.6 is 23.1 Å². The monoisotopic (exact) mass is 381 g/mol. The Bertz CT molecular complexity index is 609. The van der Waals surface area contributed by atoms with Crippen LogP contribution in [0.1, 0.15) is 37.2 Å². The van der Waals surface area contributed by atoms with Gasteiger partial charge in [-0.2, -0.15) is 11.8 Å². The largest absolute Gasteiger partial charge is 0.370 e. The number of carbonyl (C=O) groups excluding carboxylic acids is 1. The van der Waals surface area contributed by atoms with Crippen molar-refractivity contribution < 1.29 is 9.53 Å². The fourth-order valence-corrected chi connectivity index (χ4v) is 6.14. The molecule has 0 radical (unpaired) electrons. The van der Waals surface area contributed by atoms with E-state index in [2.05, 4.69) is 29.0 Å². The average Bonchev–Trinajstić information content (AvgIpc) is 3.32. The number of aromatic nitrogens is 1. The van der Waals surface area contributed by atoms with Crippen molar-refractivity contribution in [2.45, 2.75) is 43.6 Å². The third-order valence-electron chi connectivity index (χ3n) is 5.88. The maximum absolute atomic E-state index is 12.2. The van der Waals surface area contributed by atoms with Crippen LogP contribution in [0.15, 0.2) is 10.9 Å². The van der Waals surface area contributed by atoms with E-state index in [1.54, 1.807) is 10.9 Å². The van der Waals surface area contributed by atoms with Crippen LogP contribution in [-0.4, -0.2) is 64.7 Å². The molecule has 2 bridgehead atoms. The van der Waals surface area contributed by atoms with Crippen molar-refractivity contribution in [3.05, 3.63) is 16.6 Å². The second-order valence-electron chi connectivity index (χ2n) is 7.77. The van der Waals surface area contributed by atoms with Crippen LogP contribution in [0.25, 0.3) is 0 Å². The van der Waals surface area contributed by atoms with E-state index in [9.17, 15) is 4.79 Å². The lowest BCUT2D eigenvalue weighted by Crippen LogP contribution is -2.42. The van der Waals surface area contributed by atoms with E-state index in [0.717, 1.165) is 26.1 Å². The zero-order chi connectivity index (χ0) is 17.4. The van der Waals surface area contributed by atoms with Gasteiger partial charge in [0.15, 0.2) is 0 Å². The number of likely N-dealkylation sites (tertiary alicyclic amines) is 1. The standard InChI is InChI=1S/C18H27N3O2S2/c1-12(2)25-6-5-21-8-14-13(16-3-4-18(14,10-21)23-16)7-19-17(22)15-9-24-11-20-15/h9,11-14,16H,3-8,10H2,1-2H3,(H,19,22)/t13-,14+,16+,18+/m0/s1. The molecule has 1 aromatic heterocycles. The summed E-state index contributed by atoms with van der Waals surface area (Å²) in [6.45, 7) is 8.56. The first-order valence-corrected chi connectivity index (χ1v) is 11.2. The van der Waals surface area contributed by atoms with Crippen molar-refractivity contribution in [3.63, 3.8) is 0 Å². The number of carbonyl (C=O) groups is 1. The molecule has 0 unspecified atom stereocenters. The van der Waals surface area contributed by atoms with Gasteiger partial charge >= 0.3 is 0 Å². The number of rotatable bonds is 7. The van der Waals surface area contributed by atoms with Gasteiger partial charge in [0, 0.05) is 49.1 Å². The summed E-state index contributed by atoms with van der Waals surface area (Å²) in [5.74, 6) is 2.14. The van der Waals surface area contributed by atoms with Crippen molar-refractivity contribution in [2.24, 2.45) is 11.8 Å². The number of ether oxygens (including phenoxy) is 1. The van der Waals surface area contributed by atoms with Crippen molar-refractivity contribution >= 4 is 29.0 Å². The molecule has 1 spiro atoms. The lowest BCUT2D eigenvalue weighted by Gasteiger charge is -2.29. The molecule has 25 heavy (non-hydrogen) atoms. The van der Waals surface area contributed by atoms with E-state index in [1.807, 2.05) is 11.8 Å². The molecule has 7 heteroatoms. The van der Waals surface area contributed by atoms with E-state index in [4.69, 9.17) is 4.74 Å². The molecule has 1 N–H and O–H groups in total. The number of thioether (sulfide) groups is 1. The number of hydrogen-bond donors (Lipinski definition) is 1. The number of amides is 1. The third kappa shape index (κ3) is 3.48. The number of nitrogens with one attached hydrogen (secondary N) is 1. The van der Waals surface area contributed by atoms with Crippen LogP contribution in [0.3, 0.4) is 0 Å². The molecule has 5 nitrogen and oxygen atoms in total. The molecule has 0 aliphatic carbocycles. The predicted octanol–water partition coefficient (Wildman–Crippen LogP) is 2.49. The molecule has 3 aliphatic heterocycles. The van der Waals surface area contributed by atoms with Crippen LogP contribution in [0.2, 0.25) is 0 Å². The molecule has 3 aliphatic rings. The quantitative estimate of drug-likeness (QED) is 0.786. The molecule has 1 aromatic rings. The topological polar surface area (TPSA) is 54.5 Å². The maximum atomic E-state index is 12.2. The summed E-state index contributed by atoms with van der Waals surface area (Å²) in [5.41, 5.74) is 2.29. The zero-order valence-electron chi connectivity index (χ0n) is 14.9. The van der Waals surface area contributed by atoms with Gasteiger partial charge in [-0.15, -0.1) is 11.3 Å². The first-order valence-electron chi connectivity index (χ1n) is 9.25. The molecule has 3 fully saturated rings. The van der Waals surface area contributed by atoms with Gasteiger partial charge in [0.25, 0.3) is 5.91 Å². The molecule has 0 saturated carbocycles. The number of hydrogen-bond acceptors (Lipinski definition) is 6. The lowest BCUT2D eigenvalue weighted by molar-refractivity contribution is 0.00326. The van der Waals surface area contributed by atoms with Crippen LogP contribution in [-0.2, 0) is 4.74 Å². The second-order valence-corrected chi connectivity index (χ2v) is 10.2. The minimum atomic E-state index is -0.0544. The highest BCUT2D eigenvalue weighted by Crippen LogP contribution is 2.54. The summed E-state index contributed by atoms with van der Waals surface area (Å²) in [6, 6.07) is 0. The van der Waals surface area contributed by atoms with Gasteiger partial charge in [-0.3, -0.25) is 9.69 Å². The highest BCUT2D eigenvalue weighted by Gasteiger charge is 2.62. The van der Waals surface area contributed by atoms with E-state index in [-0.39, 0.29) is 11.5 Å². The minimum absolute atomic E-state index is 0.0544. The Hall–Kier alpha value is -0.630. The van der Waals surface area contributed by atoms with Gasteiger partial charge in [0.1, 0.15) is 5.69 Å². The van der Waals surface area contributed by atoms with Gasteiger partial charge in [-0.25, -0.2) is 4.98 Å². The maximum Gasteiger partial charge on any atom is 0.270 e. The smallest absolute Gasteiger partial charge is 0.270 e. The molecule has 4 rings (SSSR count). The Balaban J connectivity index is 1.34. The summed E-state index contributed by atoms with van der Waals surface area (Å²) in [5, 5.41) is 5.60. The summed E-state index contributed by atoms with van der Waals surface area (Å²) in [4.78, 5) is 18.9. The second kappa shape index (κ2) is 7.18. The SMILES string of the molecule is CC(C)SCCN1C[C@@H]2[C@H](CNC(=O)c3cscn3)[C@H]3CC[C@]2(C1)O3. The molecule has 4 heterocycles. The fourth-order valence-electron chi connectivity index (χ4n) is 4.77. The Labute approximate surface area is 157 Å². The van der Waals surface area contributed by atoms with Gasteiger partial charge < -0.3 is 10.1 Å². The summed E-state index contributed by atoms with van der Waals surface area (Å²) < 4.78 is 6.46. The van der Waals surface area contributed by atoms with Crippen molar-refractivity contribution in [2.75, 3.05) is 31.9 Å². The highest BCUT2D eigenvalue weighted by atomic mass is 32.2. The molecule has 4 atom stereocenters. The van der Waals surface area contributed by atoms with Crippen LogP contribution in [0, 0.1) is 11.8 Å². The predicted molar refractivity (Wildman–Crippen MR) is 102 cm³/mol. The van der Waals surface area contributed by atoms with Gasteiger partial charge in [-0.1, -0.05) is 13.8 Å². The van der Waals surface area contributed by atoms with Gasteiger partial charge in [0.05, 0.1) is 17.2 Å². The van der Waals surface area contributed by atoms with E-state index < -0.39 is 0 Å². The van der Waals surface area contributed by atoms with Crippen molar-refractivity contribution in [1.82, 2.24) is 15.2 Å². The van der Waals surface area contributed by atoms with Crippen molar-refractivity contribution in [3.8, 4) is 0 Å². The highest BCUT2D eigenvalue weighted by molar-refractivity contribution is 7.99. The van der Waals surface area contributed by atoms with Gasteiger partial charge in [0.2, 0.25) is 0 Å². The average molecular weight is 382 g/mol. The molecule has 3 saturated heterocycles. The van der Waals surface area contributed by atoms with Crippen LogP contribution < -0.4 is 5.32 Å². The Morgan fingerprint density at radius 1 is 1.60 bits per heavy atom. The molecular weight excluding hydrogens is 354 g/mol. The normalized spacial score (nSPS) is 34.0. The zero-order valence-corrected chi connectivity index (χ0v) is 16.6. The summed E-state index contributed by atoms with van der Waals surface area (Å²) >= 11 is 3.49. The minimum Gasteiger partial charge on any atom is -0.370 e. The van der Waals surface area contributed by atoms with E-state index in [1.165, 1.54) is 23.5 Å². The van der Waals surface area contributed by atoms with Crippen LogP contribution in [0.4, 0.5) is 0 Å². The number of fused-ring (bicyclic) bond motifs is 1. The van der Waals surface area contributed by atoms with E-state index >= 15 is 0 Å². The molecule has 0 aromatic carbocycles. The van der Waals surface area contributed by atoms with Crippen molar-refractivity contribution in [1.29, 1.82) is 0 Å². The fraction of sp³-hybridized carbons (Fsp3) is 0.778. The number of nitrogens with zero attached hydrogens (tertiary/aromatic N) is 2. The summed E-state index contributed by atoms with van der Waals surface area (Å²) in [7, 11) is 0. The Morgan fingerprint density at radius 2 is 2.48 bits per heavy atom. The third-order valence-corrected chi connectivity index (χ3v) is 7.55. The van der Waals surface area contributed by atoms with E-state index in [0.29, 0.717) is 35.4 Å².